The molecule has 0 spiro atoms. The van der Waals surface area contributed by atoms with E-state index in [4.69, 9.17) is 95.2 Å². The summed E-state index contributed by atoms with van der Waals surface area (Å²) in [7, 11) is 0. The van der Waals surface area contributed by atoms with Crippen LogP contribution in [0.4, 0.5) is 0 Å². The van der Waals surface area contributed by atoms with Gasteiger partial charge in [0, 0.05) is 140 Å². The van der Waals surface area contributed by atoms with Gasteiger partial charge in [-0.1, -0.05) is 36.4 Å². The lowest BCUT2D eigenvalue weighted by Crippen LogP contribution is -2.63. The minimum absolute atomic E-state index is 0.106. The van der Waals surface area contributed by atoms with Gasteiger partial charge in [0.2, 0.25) is 37.2 Å². The minimum atomic E-state index is -1.60. The quantitative estimate of drug-likeness (QED) is 0.0397. The van der Waals surface area contributed by atoms with Crippen LogP contribution in [-0.2, 0) is 129 Å². The average molecular weight is 1650 g/mol. The molecule has 3 fully saturated rings. The first-order valence-electron chi connectivity index (χ1n) is 37.6. The normalized spacial score (nSPS) is 22.8. The molecule has 0 aliphatic carbocycles. The van der Waals surface area contributed by atoms with Gasteiger partial charge in [-0.3, -0.25) is 62.5 Å². The van der Waals surface area contributed by atoms with E-state index in [0.29, 0.717) is 89.4 Å². The maximum Gasteiger partial charge on any atom is 0.303 e. The van der Waals surface area contributed by atoms with Crippen molar-refractivity contribution in [2.45, 2.75) is 175 Å². The Morgan fingerprint density at radius 3 is 0.717 bits per heavy atom. The van der Waals surface area contributed by atoms with Crippen molar-refractivity contribution in [2.75, 3.05) is 19.8 Å². The number of H-pyrrole nitrogens is 2. The van der Waals surface area contributed by atoms with E-state index in [1.54, 1.807) is 85.2 Å². The van der Waals surface area contributed by atoms with Crippen molar-refractivity contribution < 1.29 is 143 Å². The van der Waals surface area contributed by atoms with Crippen LogP contribution in [0.5, 0.6) is 17.2 Å². The first-order chi connectivity index (χ1) is 57.3. The molecule has 5 aliphatic rings. The number of rotatable bonds is 25. The van der Waals surface area contributed by atoms with Crippen LogP contribution in [-0.4, -0.2) is 208 Å². The molecular weight excluding hydrogens is 1570 g/mol. The highest BCUT2D eigenvalue weighted by Crippen LogP contribution is 2.42. The lowest BCUT2D eigenvalue weighted by molar-refractivity contribution is -0.288. The third-order valence-electron chi connectivity index (χ3n) is 18.8. The fourth-order valence-electron chi connectivity index (χ4n) is 14.3. The molecule has 9 heterocycles. The number of carbonyl (C=O) groups is 12. The Hall–Kier alpha value is -13.7. The molecular formula is C85H83N5O30. The number of nitrogens with one attached hydrogen (secondary N) is 2. The molecule has 8 bridgehead atoms. The van der Waals surface area contributed by atoms with E-state index in [0.717, 1.165) is 83.1 Å². The van der Waals surface area contributed by atoms with Gasteiger partial charge in [-0.15, -0.1) is 0 Å². The van der Waals surface area contributed by atoms with Crippen LogP contribution in [0.2, 0.25) is 0 Å². The van der Waals surface area contributed by atoms with E-state index in [2.05, 4.69) is 15.0 Å². The van der Waals surface area contributed by atoms with E-state index >= 15 is 0 Å². The van der Waals surface area contributed by atoms with Gasteiger partial charge in [0.1, 0.15) is 55.4 Å². The predicted octanol–water partition coefficient (Wildman–Crippen LogP) is 9.10. The predicted molar refractivity (Wildman–Crippen MR) is 416 cm³/mol. The summed E-state index contributed by atoms with van der Waals surface area (Å²) < 4.78 is 105. The van der Waals surface area contributed by atoms with Crippen molar-refractivity contribution in [3.8, 4) is 61.8 Å². The molecule has 7 aromatic rings. The molecule has 0 saturated carbocycles. The van der Waals surface area contributed by atoms with Crippen molar-refractivity contribution in [1.29, 1.82) is 0 Å². The fraction of sp³-hybridized carbons (Fsp3) is 0.353. The number of nitrogens with zero attached hydrogens (tertiary/aromatic N) is 3. The molecule has 15 atom stereocenters. The second kappa shape index (κ2) is 37.7. The van der Waals surface area contributed by atoms with Crippen LogP contribution >= 0.6 is 0 Å². The van der Waals surface area contributed by atoms with Crippen LogP contribution < -0.4 is 14.2 Å². The van der Waals surface area contributed by atoms with Gasteiger partial charge in [-0.05, 0) is 119 Å². The zero-order valence-electron chi connectivity index (χ0n) is 66.7. The molecule has 4 aromatic heterocycles. The smallest absolute Gasteiger partial charge is 0.303 e. The second-order valence-corrected chi connectivity index (χ2v) is 27.9. The van der Waals surface area contributed by atoms with Crippen LogP contribution in [0.25, 0.3) is 90.9 Å². The summed E-state index contributed by atoms with van der Waals surface area (Å²) in [6.07, 6.45) is -11.7. The molecule has 12 rings (SSSR count). The topological polar surface area (TPSA) is 441 Å². The highest BCUT2D eigenvalue weighted by Gasteiger charge is 2.57. The summed E-state index contributed by atoms with van der Waals surface area (Å²) in [4.78, 5) is 174. The number of pyridine rings is 1. The van der Waals surface area contributed by atoms with Crippen molar-refractivity contribution >= 4 is 118 Å². The van der Waals surface area contributed by atoms with Crippen LogP contribution in [0, 0.1) is 0 Å². The van der Waals surface area contributed by atoms with E-state index in [-0.39, 0.29) is 17.2 Å². The SMILES string of the molecule is CC(=O)OC[C@H]1O[C@@H](Oc2ccc(-c3c4nc(c(-c5ccc(O[C@@H]6O[C@H](COC(C)=O)[C@@H](OC(C)=O)[C@H](OC(C)=O)[C@H]6OC(C)=O)cc5)c5ccc([nH]5)c(-c5ccc(O[C@@H]6O[C@H](COC(C)=O)[C@@H](OC(C)=O)[C@H](OC(C)=O)[C@H]6OC(C)=O)cc5)c5nc(c(-c6ccncc6)c6ccc3[nH]6)C=C5)C=C4)cc2)[C@H](OC(C)=O)[C@@H](OC(C)=O)[C@@H]1OC(C)=O. The maximum atomic E-state index is 12.9. The van der Waals surface area contributed by atoms with E-state index in [1.807, 2.05) is 60.7 Å². The number of carbonyl (C=O) groups excluding carboxylic acids is 12. The Bertz CT molecular complexity index is 5200. The number of aromatic nitrogens is 5. The van der Waals surface area contributed by atoms with E-state index < -0.39 is 184 Å². The highest BCUT2D eigenvalue weighted by molar-refractivity contribution is 6.00. The molecule has 2 N–H and O–H groups in total. The number of aromatic amines is 2. The van der Waals surface area contributed by atoms with Crippen LogP contribution in [0.3, 0.4) is 0 Å². The third kappa shape index (κ3) is 20.8. The van der Waals surface area contributed by atoms with Crippen molar-refractivity contribution in [3.63, 3.8) is 0 Å². The Kier molecular flexibility index (Phi) is 26.9. The molecule has 628 valence electrons. The molecule has 0 radical (unpaired) electrons. The molecule has 5 aliphatic heterocycles. The summed E-state index contributed by atoms with van der Waals surface area (Å²) in [6.45, 7) is 11.9. The number of hydrogen-bond acceptors (Lipinski definition) is 33. The summed E-state index contributed by atoms with van der Waals surface area (Å²) in [5.41, 5.74) is 8.47. The summed E-state index contributed by atoms with van der Waals surface area (Å²) in [5.74, 6) is -9.29. The molecule has 35 heteroatoms. The summed E-state index contributed by atoms with van der Waals surface area (Å²) in [6, 6.07) is 31.1. The monoisotopic (exact) mass is 1650 g/mol. The van der Waals surface area contributed by atoms with Crippen LogP contribution in [0.1, 0.15) is 106 Å². The van der Waals surface area contributed by atoms with Crippen molar-refractivity contribution in [1.82, 2.24) is 24.9 Å². The number of ether oxygens (including phenoxy) is 18. The molecule has 0 unspecified atom stereocenters. The first kappa shape index (κ1) is 85.7. The molecule has 0 amide bonds. The van der Waals surface area contributed by atoms with Gasteiger partial charge in [-0.2, -0.15) is 0 Å². The average Bonchev–Trinajstić information content (AvgIpc) is 1.65. The maximum absolute atomic E-state index is 12.9. The standard InChI is InChI=1S/C85H83N5O30/c1-40(91)103-37-67-74(106-43(4)94)77(109-46(7)97)80(112-49(10)100)83(118-67)115-56-19-13-52(14-20-56)70-59-25-27-61(87-59)71(53-15-21-57(22-16-53)116-84-81(113-50(11)101)78(110-47(8)98)75(107-44(5)95)68(119-84)38-104-41(2)92)63-29-31-65(89-63)73(55-33-35-86-36-34-55)66-32-30-64(90-66)72(62-28-26-60(70)88-62)54-17-23-58(24-18-54)117-85-82(114-51(12)102)79(111-48(9)99)76(108-45(6)96)69(120-85)39-105-42(3)93/h13-36,67-69,74-85,87,90H,37-39H2,1-12H3/t67-,68-,69-,74-,75-,76-,77+,78+,79+,80-,81-,82-,83-,84-,85-/m1/s1. The molecule has 3 saturated heterocycles. The molecule has 35 nitrogen and oxygen atoms in total. The van der Waals surface area contributed by atoms with Gasteiger partial charge >= 0.3 is 71.6 Å². The second-order valence-electron chi connectivity index (χ2n) is 27.9. The Morgan fingerprint density at radius 2 is 0.492 bits per heavy atom. The van der Waals surface area contributed by atoms with Gasteiger partial charge < -0.3 is 95.2 Å². The zero-order valence-corrected chi connectivity index (χ0v) is 66.7. The van der Waals surface area contributed by atoms with Gasteiger partial charge in [0.05, 0.1) is 22.8 Å². The first-order valence-corrected chi connectivity index (χ1v) is 37.6. The highest BCUT2D eigenvalue weighted by atomic mass is 16.8. The molecule has 3 aromatic carbocycles. The fourth-order valence-corrected chi connectivity index (χ4v) is 14.3. The Balaban J connectivity index is 1.03. The lowest BCUT2D eigenvalue weighted by Gasteiger charge is -2.43. The zero-order chi connectivity index (χ0) is 85.9. The number of esters is 12. The Labute approximate surface area is 684 Å². The Morgan fingerprint density at radius 1 is 0.275 bits per heavy atom. The van der Waals surface area contributed by atoms with E-state index in [9.17, 15) is 57.5 Å². The number of hydrogen-bond donors (Lipinski definition) is 2. The summed E-state index contributed by atoms with van der Waals surface area (Å²) >= 11 is 0. The van der Waals surface area contributed by atoms with Crippen LogP contribution in [0.15, 0.2) is 122 Å². The van der Waals surface area contributed by atoms with E-state index in [1.165, 1.54) is 0 Å². The lowest BCUT2D eigenvalue weighted by atomic mass is 9.98. The van der Waals surface area contributed by atoms with Gasteiger partial charge in [-0.25, -0.2) is 9.97 Å². The number of benzene rings is 3. The third-order valence-corrected chi connectivity index (χ3v) is 18.8. The number of fused-ring (bicyclic) bond motifs is 8. The van der Waals surface area contributed by atoms with Gasteiger partial charge in [0.25, 0.3) is 0 Å². The summed E-state index contributed by atoms with van der Waals surface area (Å²) in [5, 5.41) is 0. The molecule has 120 heavy (non-hydrogen) atoms. The van der Waals surface area contributed by atoms with Gasteiger partial charge in [0.15, 0.2) is 36.6 Å². The largest absolute Gasteiger partial charge is 0.463 e. The van der Waals surface area contributed by atoms with Crippen molar-refractivity contribution in [3.05, 3.63) is 144 Å². The van der Waals surface area contributed by atoms with Crippen molar-refractivity contribution in [2.24, 2.45) is 0 Å². The minimum Gasteiger partial charge on any atom is -0.463 e.